The lowest BCUT2D eigenvalue weighted by Crippen LogP contribution is -2.13. The van der Waals surface area contributed by atoms with Crippen LogP contribution in [0.2, 0.25) is 0 Å². The SMILES string of the molecule is Cc1nn(C)cc1CNCc1ccccc1O.Cl. The Hall–Kier alpha value is -1.52. The van der Waals surface area contributed by atoms with Crippen LogP contribution in [-0.2, 0) is 20.1 Å². The van der Waals surface area contributed by atoms with E-state index in [1.807, 2.05) is 43.0 Å². The quantitative estimate of drug-likeness (QED) is 0.892. The normalized spacial score (nSPS) is 10.1. The first-order valence-corrected chi connectivity index (χ1v) is 5.63. The van der Waals surface area contributed by atoms with Gasteiger partial charge in [-0.05, 0) is 13.0 Å². The highest BCUT2D eigenvalue weighted by Crippen LogP contribution is 2.15. The van der Waals surface area contributed by atoms with Crippen molar-refractivity contribution in [2.45, 2.75) is 20.0 Å². The Labute approximate surface area is 113 Å². The molecular weight excluding hydrogens is 250 g/mol. The molecule has 18 heavy (non-hydrogen) atoms. The van der Waals surface area contributed by atoms with Crippen LogP contribution in [0.3, 0.4) is 0 Å². The lowest BCUT2D eigenvalue weighted by molar-refractivity contribution is 0.464. The van der Waals surface area contributed by atoms with E-state index >= 15 is 0 Å². The van der Waals surface area contributed by atoms with Gasteiger partial charge in [-0.25, -0.2) is 0 Å². The molecule has 0 saturated heterocycles. The molecule has 0 atom stereocenters. The molecule has 0 saturated carbocycles. The van der Waals surface area contributed by atoms with E-state index in [2.05, 4.69) is 10.4 Å². The molecule has 0 bridgehead atoms. The number of phenols is 1. The van der Waals surface area contributed by atoms with Crippen molar-refractivity contribution in [3.8, 4) is 5.75 Å². The average Bonchev–Trinajstić information content (AvgIpc) is 2.60. The number of hydrogen-bond acceptors (Lipinski definition) is 3. The Bertz CT molecular complexity index is 511. The lowest BCUT2D eigenvalue weighted by atomic mass is 10.2. The molecule has 0 radical (unpaired) electrons. The summed E-state index contributed by atoms with van der Waals surface area (Å²) in [5, 5.41) is 17.2. The second kappa shape index (κ2) is 6.42. The highest BCUT2D eigenvalue weighted by atomic mass is 35.5. The van der Waals surface area contributed by atoms with Gasteiger partial charge in [0.1, 0.15) is 5.75 Å². The van der Waals surface area contributed by atoms with Gasteiger partial charge in [-0.15, -0.1) is 12.4 Å². The predicted molar refractivity (Wildman–Crippen MR) is 73.8 cm³/mol. The summed E-state index contributed by atoms with van der Waals surface area (Å²) in [6.45, 7) is 3.41. The minimum absolute atomic E-state index is 0. The topological polar surface area (TPSA) is 50.1 Å². The lowest BCUT2D eigenvalue weighted by Gasteiger charge is -2.05. The fourth-order valence-corrected chi connectivity index (χ4v) is 1.81. The van der Waals surface area contributed by atoms with E-state index in [9.17, 15) is 5.11 Å². The number of nitrogens with one attached hydrogen (secondary N) is 1. The van der Waals surface area contributed by atoms with Gasteiger partial charge in [0.05, 0.1) is 5.69 Å². The first-order chi connectivity index (χ1) is 8.16. The van der Waals surface area contributed by atoms with Crippen LogP contribution in [-0.4, -0.2) is 14.9 Å². The molecule has 0 aliphatic carbocycles. The van der Waals surface area contributed by atoms with E-state index in [4.69, 9.17) is 0 Å². The third-order valence-electron chi connectivity index (χ3n) is 2.74. The van der Waals surface area contributed by atoms with Gasteiger partial charge in [-0.2, -0.15) is 5.10 Å². The maximum atomic E-state index is 9.61. The van der Waals surface area contributed by atoms with E-state index in [1.165, 1.54) is 5.56 Å². The number of aryl methyl sites for hydroxylation is 2. The van der Waals surface area contributed by atoms with E-state index in [0.717, 1.165) is 17.8 Å². The zero-order valence-corrected chi connectivity index (χ0v) is 11.4. The van der Waals surface area contributed by atoms with Gasteiger partial charge in [0.15, 0.2) is 0 Å². The molecule has 0 spiro atoms. The van der Waals surface area contributed by atoms with Crippen molar-refractivity contribution in [1.29, 1.82) is 0 Å². The first kappa shape index (κ1) is 14.5. The molecular formula is C13H18ClN3O. The Morgan fingerprint density at radius 3 is 2.50 bits per heavy atom. The third kappa shape index (κ3) is 3.48. The van der Waals surface area contributed by atoms with Crippen LogP contribution in [0.4, 0.5) is 0 Å². The number of halogens is 1. The Balaban J connectivity index is 0.00000162. The van der Waals surface area contributed by atoms with Crippen LogP contribution < -0.4 is 5.32 Å². The van der Waals surface area contributed by atoms with Gasteiger partial charge in [0.2, 0.25) is 0 Å². The van der Waals surface area contributed by atoms with E-state index in [1.54, 1.807) is 6.07 Å². The monoisotopic (exact) mass is 267 g/mol. The molecule has 5 heteroatoms. The zero-order valence-electron chi connectivity index (χ0n) is 10.6. The average molecular weight is 268 g/mol. The van der Waals surface area contributed by atoms with E-state index in [0.29, 0.717) is 12.3 Å². The maximum Gasteiger partial charge on any atom is 0.120 e. The molecule has 4 nitrogen and oxygen atoms in total. The smallest absolute Gasteiger partial charge is 0.120 e. The predicted octanol–water partition coefficient (Wildman–Crippen LogP) is 2.15. The van der Waals surface area contributed by atoms with Crippen LogP contribution in [0.15, 0.2) is 30.5 Å². The summed E-state index contributed by atoms with van der Waals surface area (Å²) in [4.78, 5) is 0. The fourth-order valence-electron chi connectivity index (χ4n) is 1.81. The summed E-state index contributed by atoms with van der Waals surface area (Å²) in [6, 6.07) is 7.36. The van der Waals surface area contributed by atoms with Crippen LogP contribution in [0.5, 0.6) is 5.75 Å². The largest absolute Gasteiger partial charge is 0.508 e. The second-order valence-electron chi connectivity index (χ2n) is 4.15. The molecule has 1 aromatic heterocycles. The van der Waals surface area contributed by atoms with Crippen LogP contribution in [0, 0.1) is 6.92 Å². The van der Waals surface area contributed by atoms with Crippen LogP contribution in [0.1, 0.15) is 16.8 Å². The maximum absolute atomic E-state index is 9.61. The molecule has 0 fully saturated rings. The Morgan fingerprint density at radius 2 is 1.89 bits per heavy atom. The summed E-state index contributed by atoms with van der Waals surface area (Å²) in [5.41, 5.74) is 3.13. The molecule has 0 amide bonds. The molecule has 0 aliphatic rings. The molecule has 1 aromatic carbocycles. The molecule has 98 valence electrons. The summed E-state index contributed by atoms with van der Waals surface area (Å²) >= 11 is 0. The Kier molecular flexibility index (Phi) is 5.19. The number of aromatic nitrogens is 2. The third-order valence-corrected chi connectivity index (χ3v) is 2.74. The molecule has 2 N–H and O–H groups in total. The van der Waals surface area contributed by atoms with Crippen LogP contribution >= 0.6 is 12.4 Å². The molecule has 2 rings (SSSR count). The molecule has 1 heterocycles. The summed E-state index contributed by atoms with van der Waals surface area (Å²) in [7, 11) is 1.92. The second-order valence-corrected chi connectivity index (χ2v) is 4.15. The zero-order chi connectivity index (χ0) is 12.3. The number of phenolic OH excluding ortho intramolecular Hbond substituents is 1. The van der Waals surface area contributed by atoms with E-state index < -0.39 is 0 Å². The number of rotatable bonds is 4. The van der Waals surface area contributed by atoms with Gasteiger partial charge in [0.25, 0.3) is 0 Å². The van der Waals surface area contributed by atoms with Gasteiger partial charge < -0.3 is 10.4 Å². The number of para-hydroxylation sites is 1. The Morgan fingerprint density at radius 1 is 1.22 bits per heavy atom. The van der Waals surface area contributed by atoms with Gasteiger partial charge >= 0.3 is 0 Å². The van der Waals surface area contributed by atoms with Crippen molar-refractivity contribution in [1.82, 2.24) is 15.1 Å². The van der Waals surface area contributed by atoms with Crippen LogP contribution in [0.25, 0.3) is 0 Å². The van der Waals surface area contributed by atoms with Gasteiger partial charge in [0, 0.05) is 37.5 Å². The first-order valence-electron chi connectivity index (χ1n) is 5.63. The summed E-state index contributed by atoms with van der Waals surface area (Å²) in [5.74, 6) is 0.336. The van der Waals surface area contributed by atoms with Crippen molar-refractivity contribution in [3.63, 3.8) is 0 Å². The van der Waals surface area contributed by atoms with E-state index in [-0.39, 0.29) is 12.4 Å². The summed E-state index contributed by atoms with van der Waals surface area (Å²) in [6.07, 6.45) is 2.01. The van der Waals surface area contributed by atoms with Crippen molar-refractivity contribution in [2.75, 3.05) is 0 Å². The minimum Gasteiger partial charge on any atom is -0.508 e. The molecule has 2 aromatic rings. The number of nitrogens with zero attached hydrogens (tertiary/aromatic N) is 2. The van der Waals surface area contributed by atoms with Crippen molar-refractivity contribution >= 4 is 12.4 Å². The van der Waals surface area contributed by atoms with Crippen molar-refractivity contribution in [2.24, 2.45) is 7.05 Å². The van der Waals surface area contributed by atoms with Gasteiger partial charge in [-0.1, -0.05) is 18.2 Å². The molecule has 0 unspecified atom stereocenters. The highest BCUT2D eigenvalue weighted by Gasteiger charge is 2.03. The minimum atomic E-state index is 0. The number of hydrogen-bond donors (Lipinski definition) is 2. The molecule has 0 aliphatic heterocycles. The standard InChI is InChI=1S/C13H17N3O.ClH/c1-10-12(9-16(2)15-10)8-14-7-11-5-3-4-6-13(11)17;/h3-6,9,14,17H,7-8H2,1-2H3;1H. The van der Waals surface area contributed by atoms with Crippen molar-refractivity contribution in [3.05, 3.63) is 47.3 Å². The number of benzene rings is 1. The number of aromatic hydroxyl groups is 1. The summed E-state index contributed by atoms with van der Waals surface area (Å²) < 4.78 is 1.81. The van der Waals surface area contributed by atoms with Gasteiger partial charge in [-0.3, -0.25) is 4.68 Å². The highest BCUT2D eigenvalue weighted by molar-refractivity contribution is 5.85. The van der Waals surface area contributed by atoms with Crippen molar-refractivity contribution < 1.29 is 5.11 Å². The fraction of sp³-hybridized carbons (Fsp3) is 0.308.